The number of imide groups is 1. The molecule has 0 spiro atoms. The Labute approximate surface area is 248 Å². The molecule has 0 heterocycles. The second-order valence-corrected chi connectivity index (χ2v) is 12.0. The van der Waals surface area contributed by atoms with Gasteiger partial charge in [-0.1, -0.05) is 74.5 Å². The summed E-state index contributed by atoms with van der Waals surface area (Å²) in [6.45, 7) is 7.30. The van der Waals surface area contributed by atoms with Gasteiger partial charge in [0.05, 0.1) is 25.4 Å². The van der Waals surface area contributed by atoms with Crippen molar-refractivity contribution in [3.63, 3.8) is 0 Å². The number of nitrogens with one attached hydrogen (secondary N) is 1. The highest BCUT2D eigenvalue weighted by Crippen LogP contribution is 2.22. The van der Waals surface area contributed by atoms with E-state index in [-0.39, 0.29) is 12.8 Å². The van der Waals surface area contributed by atoms with Gasteiger partial charge in [0.25, 0.3) is 5.91 Å². The van der Waals surface area contributed by atoms with E-state index in [0.29, 0.717) is 6.42 Å². The van der Waals surface area contributed by atoms with Crippen LogP contribution in [0.2, 0.25) is 0 Å². The van der Waals surface area contributed by atoms with Crippen LogP contribution in [0.5, 0.6) is 0 Å². The average Bonchev–Trinajstić information content (AvgIpc) is 2.93. The van der Waals surface area contributed by atoms with Gasteiger partial charge in [-0.15, -0.1) is 0 Å². The first kappa shape index (κ1) is 34.9. The van der Waals surface area contributed by atoms with Crippen LogP contribution in [0.1, 0.15) is 52.2 Å². The second-order valence-electron chi connectivity index (χ2n) is 12.0. The zero-order valence-corrected chi connectivity index (χ0v) is 25.3. The third-order valence-corrected chi connectivity index (χ3v) is 6.75. The number of nitrogens with zero attached hydrogens (tertiary/aromatic N) is 1. The third kappa shape index (κ3) is 11.5. The third-order valence-electron chi connectivity index (χ3n) is 6.75. The molecule has 0 bridgehead atoms. The summed E-state index contributed by atoms with van der Waals surface area (Å²) in [4.78, 5) is 41.4. The van der Waals surface area contributed by atoms with Crippen molar-refractivity contribution in [3.8, 4) is 0 Å². The van der Waals surface area contributed by atoms with E-state index in [9.17, 15) is 29.7 Å². The van der Waals surface area contributed by atoms with Crippen molar-refractivity contribution in [1.82, 2.24) is 10.2 Å². The first-order valence-corrected chi connectivity index (χ1v) is 14.4. The highest BCUT2D eigenvalue weighted by molar-refractivity contribution is 6.00. The van der Waals surface area contributed by atoms with E-state index in [0.717, 1.165) is 16.0 Å². The number of aliphatic hydroxyl groups excluding tert-OH is 3. The van der Waals surface area contributed by atoms with Crippen LogP contribution >= 0.6 is 0 Å². The summed E-state index contributed by atoms with van der Waals surface area (Å²) in [5.74, 6) is -2.74. The lowest BCUT2D eigenvalue weighted by atomic mass is 9.88. The summed E-state index contributed by atoms with van der Waals surface area (Å²) in [5.41, 5.74) is 7.28. The van der Waals surface area contributed by atoms with E-state index in [1.165, 1.54) is 0 Å². The largest absolute Gasteiger partial charge is 0.444 e. The fourth-order valence-corrected chi connectivity index (χ4v) is 4.55. The van der Waals surface area contributed by atoms with Gasteiger partial charge in [-0.2, -0.15) is 0 Å². The Morgan fingerprint density at radius 1 is 0.905 bits per heavy atom. The van der Waals surface area contributed by atoms with Crippen molar-refractivity contribution in [2.24, 2.45) is 17.6 Å². The Bertz CT molecular complexity index is 1120. The molecule has 0 saturated heterocycles. The molecule has 2 unspecified atom stereocenters. The lowest BCUT2D eigenvalue weighted by Gasteiger charge is -2.33. The van der Waals surface area contributed by atoms with Crippen molar-refractivity contribution >= 4 is 17.9 Å². The summed E-state index contributed by atoms with van der Waals surface area (Å²) in [6.07, 6.45) is -2.78. The zero-order chi connectivity index (χ0) is 31.4. The molecule has 5 atom stereocenters. The first-order valence-electron chi connectivity index (χ1n) is 14.4. The molecule has 10 heteroatoms. The van der Waals surface area contributed by atoms with Crippen LogP contribution < -0.4 is 11.1 Å². The highest BCUT2D eigenvalue weighted by atomic mass is 16.6. The number of hydrogen-bond donors (Lipinski definition) is 5. The SMILES string of the molecule is CC(C)[C@@H](NC(=O)OC(C)(C)C)C(=O)N(CC(O)CO)C(=O)C(Cc1ccccc1)C[C@H](O)[C@@H](N)Cc1ccccc1. The van der Waals surface area contributed by atoms with Gasteiger partial charge in [0.15, 0.2) is 0 Å². The van der Waals surface area contributed by atoms with Crippen molar-refractivity contribution in [3.05, 3.63) is 71.8 Å². The molecule has 0 aliphatic heterocycles. The van der Waals surface area contributed by atoms with Crippen molar-refractivity contribution in [2.45, 2.75) is 83.8 Å². The molecular formula is C32H47N3O7. The van der Waals surface area contributed by atoms with Crippen molar-refractivity contribution in [2.75, 3.05) is 13.2 Å². The van der Waals surface area contributed by atoms with Crippen molar-refractivity contribution in [1.29, 1.82) is 0 Å². The quantitative estimate of drug-likeness (QED) is 0.226. The standard InChI is InChI=1S/C32H47N3O7/c1-21(2)28(34-31(41)42-32(3,4)5)30(40)35(19-25(37)20-36)29(39)24(16-22-12-8-6-9-13-22)18-27(38)26(33)17-23-14-10-7-11-15-23/h6-15,21,24-28,36-38H,16-20,33H2,1-5H3,(H,34,41)/t24?,25?,26-,27-,28+/m0/s1. The Hall–Kier alpha value is -3.31. The number of rotatable bonds is 14. The molecule has 3 amide bonds. The van der Waals surface area contributed by atoms with Gasteiger partial charge in [0.1, 0.15) is 11.6 Å². The molecule has 0 fully saturated rings. The number of alkyl carbamates (subject to hydrolysis) is 1. The number of hydrogen-bond acceptors (Lipinski definition) is 8. The fourth-order valence-electron chi connectivity index (χ4n) is 4.55. The van der Waals surface area contributed by atoms with Gasteiger partial charge in [-0.05, 0) is 57.1 Å². The molecule has 10 nitrogen and oxygen atoms in total. The van der Waals surface area contributed by atoms with Gasteiger partial charge in [0, 0.05) is 12.0 Å². The molecule has 0 aliphatic rings. The maximum absolute atomic E-state index is 14.1. The lowest BCUT2D eigenvalue weighted by molar-refractivity contribution is -0.152. The van der Waals surface area contributed by atoms with E-state index in [1.54, 1.807) is 34.6 Å². The summed E-state index contributed by atoms with van der Waals surface area (Å²) >= 11 is 0. The number of ether oxygens (including phenoxy) is 1. The smallest absolute Gasteiger partial charge is 0.408 e. The topological polar surface area (TPSA) is 162 Å². The van der Waals surface area contributed by atoms with Crippen LogP contribution in [0.15, 0.2) is 60.7 Å². The minimum Gasteiger partial charge on any atom is -0.444 e. The molecule has 2 aromatic rings. The van der Waals surface area contributed by atoms with Gasteiger partial charge in [-0.3, -0.25) is 14.5 Å². The summed E-state index contributed by atoms with van der Waals surface area (Å²) in [5, 5.41) is 33.5. The molecule has 2 aromatic carbocycles. The number of nitrogens with two attached hydrogens (primary N) is 1. The monoisotopic (exact) mass is 585 g/mol. The molecule has 6 N–H and O–H groups in total. The van der Waals surface area contributed by atoms with Crippen LogP contribution in [0.4, 0.5) is 4.79 Å². The molecule has 2 rings (SSSR count). The highest BCUT2D eigenvalue weighted by Gasteiger charge is 2.38. The van der Waals surface area contributed by atoms with Crippen LogP contribution in [0.3, 0.4) is 0 Å². The van der Waals surface area contributed by atoms with E-state index in [2.05, 4.69) is 5.32 Å². The second kappa shape index (κ2) is 16.4. The number of amides is 3. The van der Waals surface area contributed by atoms with E-state index in [4.69, 9.17) is 10.5 Å². The predicted octanol–water partition coefficient (Wildman–Crippen LogP) is 2.42. The number of carbonyl (C=O) groups excluding carboxylic acids is 3. The molecule has 232 valence electrons. The molecule has 0 saturated carbocycles. The fraction of sp³-hybridized carbons (Fsp3) is 0.531. The van der Waals surface area contributed by atoms with E-state index >= 15 is 0 Å². The number of carbonyl (C=O) groups is 3. The van der Waals surface area contributed by atoms with Gasteiger partial charge in [0.2, 0.25) is 5.91 Å². The van der Waals surface area contributed by atoms with Crippen LogP contribution in [0, 0.1) is 11.8 Å². The summed E-state index contributed by atoms with van der Waals surface area (Å²) < 4.78 is 5.32. The lowest BCUT2D eigenvalue weighted by Crippen LogP contribution is -2.56. The van der Waals surface area contributed by atoms with Gasteiger partial charge >= 0.3 is 6.09 Å². The van der Waals surface area contributed by atoms with Gasteiger partial charge < -0.3 is 31.1 Å². The molecule has 0 aliphatic carbocycles. The normalized spacial score (nSPS) is 15.3. The van der Waals surface area contributed by atoms with Crippen LogP contribution in [0.25, 0.3) is 0 Å². The van der Waals surface area contributed by atoms with E-state index < -0.39 is 72.8 Å². The van der Waals surface area contributed by atoms with Gasteiger partial charge in [-0.25, -0.2) is 4.79 Å². The first-order chi connectivity index (χ1) is 19.7. The molecule has 42 heavy (non-hydrogen) atoms. The number of aliphatic hydroxyl groups is 3. The van der Waals surface area contributed by atoms with Crippen LogP contribution in [-0.2, 0) is 27.2 Å². The zero-order valence-electron chi connectivity index (χ0n) is 25.3. The average molecular weight is 586 g/mol. The Morgan fingerprint density at radius 2 is 1.43 bits per heavy atom. The molecular weight excluding hydrogens is 538 g/mol. The minimum atomic E-state index is -1.41. The van der Waals surface area contributed by atoms with Crippen LogP contribution in [-0.4, -0.2) is 81.2 Å². The molecule has 0 aromatic heterocycles. The Morgan fingerprint density at radius 3 is 1.90 bits per heavy atom. The number of benzene rings is 2. The minimum absolute atomic E-state index is 0.0490. The summed E-state index contributed by atoms with van der Waals surface area (Å²) in [7, 11) is 0. The maximum atomic E-state index is 14.1. The predicted molar refractivity (Wildman–Crippen MR) is 160 cm³/mol. The van der Waals surface area contributed by atoms with Crippen molar-refractivity contribution < 1.29 is 34.4 Å². The Kier molecular flexibility index (Phi) is 13.6. The Balaban J connectivity index is 2.38. The molecule has 0 radical (unpaired) electrons. The maximum Gasteiger partial charge on any atom is 0.408 e. The summed E-state index contributed by atoms with van der Waals surface area (Å²) in [6, 6.07) is 16.8. The van der Waals surface area contributed by atoms with E-state index in [1.807, 2.05) is 60.7 Å².